The Balaban J connectivity index is 1.30. The second-order valence-corrected chi connectivity index (χ2v) is 19.8. The molecule has 17 heteroatoms. The molecule has 4 amide bonds. The van der Waals surface area contributed by atoms with Gasteiger partial charge in [0.05, 0.1) is 82.0 Å². The Morgan fingerprint density at radius 1 is 0.722 bits per heavy atom. The summed E-state index contributed by atoms with van der Waals surface area (Å²) in [6.45, 7) is 16.4. The second-order valence-electron chi connectivity index (χ2n) is 15.0. The molecule has 0 aromatic rings. The van der Waals surface area contributed by atoms with Crippen LogP contribution in [0.3, 0.4) is 0 Å². The van der Waals surface area contributed by atoms with Crippen LogP contribution in [-0.4, -0.2) is 147 Å². The van der Waals surface area contributed by atoms with Crippen LogP contribution in [0.4, 0.5) is 0 Å². The SMILES string of the molecule is CC(C)(C)SC1CC(=O)N(CCNC(=O)CCOCCOCCOCCOCCOCCNC(=O)CCSS[C@H]2CCCC[C@@H]2OC(=O)C(C)(C)C)C1=O. The monoisotopic (exact) mass is 823 g/mol. The zero-order valence-electron chi connectivity index (χ0n) is 33.2. The summed E-state index contributed by atoms with van der Waals surface area (Å²) in [7, 11) is 3.40. The predicted molar refractivity (Wildman–Crippen MR) is 213 cm³/mol. The van der Waals surface area contributed by atoms with E-state index in [4.69, 9.17) is 28.4 Å². The maximum atomic E-state index is 12.5. The second kappa shape index (κ2) is 27.1. The molecule has 0 spiro atoms. The molecule has 312 valence electrons. The molecule has 1 aliphatic heterocycles. The number of hydrogen-bond donors (Lipinski definition) is 2. The molecule has 0 bridgehead atoms. The number of nitrogens with one attached hydrogen (secondary N) is 2. The summed E-state index contributed by atoms with van der Waals surface area (Å²) >= 11 is 1.50. The molecule has 2 fully saturated rings. The van der Waals surface area contributed by atoms with Gasteiger partial charge in [-0.3, -0.25) is 28.9 Å². The molecule has 0 aromatic heterocycles. The van der Waals surface area contributed by atoms with Gasteiger partial charge in [-0.25, -0.2) is 0 Å². The lowest BCUT2D eigenvalue weighted by Gasteiger charge is -2.32. The number of rotatable bonds is 28. The van der Waals surface area contributed by atoms with Gasteiger partial charge in [0.2, 0.25) is 23.6 Å². The number of carbonyl (C=O) groups excluding carboxylic acids is 5. The fraction of sp³-hybridized carbons (Fsp3) is 0.865. The molecule has 54 heavy (non-hydrogen) atoms. The third kappa shape index (κ3) is 22.2. The van der Waals surface area contributed by atoms with Crippen molar-refractivity contribution < 1.29 is 52.4 Å². The van der Waals surface area contributed by atoms with Gasteiger partial charge in [-0.1, -0.05) is 48.8 Å². The number of amides is 4. The van der Waals surface area contributed by atoms with Crippen LogP contribution in [-0.2, 0) is 52.4 Å². The molecule has 1 heterocycles. The summed E-state index contributed by atoms with van der Waals surface area (Å²) in [5.41, 5.74) is -0.504. The van der Waals surface area contributed by atoms with Crippen molar-refractivity contribution >= 4 is 62.9 Å². The average molecular weight is 824 g/mol. The van der Waals surface area contributed by atoms with E-state index < -0.39 is 5.41 Å². The lowest BCUT2D eigenvalue weighted by molar-refractivity contribution is -0.159. The zero-order valence-corrected chi connectivity index (χ0v) is 35.7. The lowest BCUT2D eigenvalue weighted by Crippen LogP contribution is -2.39. The molecule has 1 aliphatic carbocycles. The Bertz CT molecular complexity index is 1140. The summed E-state index contributed by atoms with van der Waals surface area (Å²) in [4.78, 5) is 62.5. The van der Waals surface area contributed by atoms with Crippen molar-refractivity contribution in [2.75, 3.05) is 91.5 Å². The fourth-order valence-electron chi connectivity index (χ4n) is 5.19. The lowest BCUT2D eigenvalue weighted by atomic mass is 9.95. The summed E-state index contributed by atoms with van der Waals surface area (Å²) in [5, 5.41) is 5.52. The number of likely N-dealkylation sites (tertiary alicyclic amines) is 1. The van der Waals surface area contributed by atoms with Gasteiger partial charge in [-0.15, -0.1) is 11.8 Å². The van der Waals surface area contributed by atoms with Crippen molar-refractivity contribution in [2.24, 2.45) is 5.41 Å². The topological polar surface area (TPSA) is 168 Å². The highest BCUT2D eigenvalue weighted by Crippen LogP contribution is 2.38. The van der Waals surface area contributed by atoms with E-state index in [2.05, 4.69) is 10.6 Å². The molecule has 1 saturated carbocycles. The standard InChI is InChI=1S/C37H65N3O11S3/c1-36(2,3)35(45)51-28-9-7-8-10-29(28)54-52-26-12-32(42)39-14-17-47-19-21-49-23-25-50-24-22-48-20-18-46-16-11-31(41)38-13-15-40-33(43)27-30(34(40)44)53-37(4,5)6/h28-30H,7-27H2,1-6H3,(H,38,41)(H,39,42)/t28-,29-,30?/m0/s1. The molecular formula is C37H65N3O11S3. The van der Waals surface area contributed by atoms with Crippen molar-refractivity contribution in [3.63, 3.8) is 0 Å². The first-order valence-corrected chi connectivity index (χ1v) is 22.4. The van der Waals surface area contributed by atoms with Crippen molar-refractivity contribution in [1.29, 1.82) is 0 Å². The molecule has 0 aromatic carbocycles. The van der Waals surface area contributed by atoms with Crippen molar-refractivity contribution in [3.05, 3.63) is 0 Å². The van der Waals surface area contributed by atoms with Crippen LogP contribution >= 0.6 is 33.3 Å². The third-order valence-electron chi connectivity index (χ3n) is 8.00. The van der Waals surface area contributed by atoms with E-state index in [0.29, 0.717) is 78.2 Å². The van der Waals surface area contributed by atoms with E-state index in [9.17, 15) is 24.0 Å². The normalized spacial score (nSPS) is 19.3. The van der Waals surface area contributed by atoms with Gasteiger partial charge in [0, 0.05) is 49.4 Å². The van der Waals surface area contributed by atoms with Crippen LogP contribution in [0.15, 0.2) is 0 Å². The smallest absolute Gasteiger partial charge is 0.311 e. The largest absolute Gasteiger partial charge is 0.461 e. The van der Waals surface area contributed by atoms with Crippen molar-refractivity contribution in [1.82, 2.24) is 15.5 Å². The number of thioether (sulfide) groups is 1. The summed E-state index contributed by atoms with van der Waals surface area (Å²) in [6.07, 6.45) is 4.90. The van der Waals surface area contributed by atoms with Crippen LogP contribution < -0.4 is 10.6 Å². The van der Waals surface area contributed by atoms with E-state index in [0.717, 1.165) is 25.7 Å². The highest BCUT2D eigenvalue weighted by molar-refractivity contribution is 8.77. The van der Waals surface area contributed by atoms with Gasteiger partial charge < -0.3 is 39.1 Å². The van der Waals surface area contributed by atoms with Gasteiger partial charge in [0.1, 0.15) is 6.10 Å². The van der Waals surface area contributed by atoms with E-state index >= 15 is 0 Å². The first-order valence-electron chi connectivity index (χ1n) is 19.1. The van der Waals surface area contributed by atoms with Crippen LogP contribution in [0.5, 0.6) is 0 Å². The Morgan fingerprint density at radius 3 is 1.85 bits per heavy atom. The van der Waals surface area contributed by atoms with Gasteiger partial charge in [0.25, 0.3) is 0 Å². The highest BCUT2D eigenvalue weighted by Gasteiger charge is 2.40. The molecule has 2 aliphatic rings. The summed E-state index contributed by atoms with van der Waals surface area (Å²) in [5.74, 6) is -0.0422. The summed E-state index contributed by atoms with van der Waals surface area (Å²) < 4.78 is 33.1. The van der Waals surface area contributed by atoms with Crippen molar-refractivity contribution in [2.45, 2.75) is 108 Å². The van der Waals surface area contributed by atoms with Crippen LogP contribution in [0.1, 0.15) is 86.5 Å². The Labute approximate surface area is 334 Å². The minimum Gasteiger partial charge on any atom is -0.461 e. The van der Waals surface area contributed by atoms with Crippen LogP contribution in [0.25, 0.3) is 0 Å². The molecule has 1 unspecified atom stereocenters. The van der Waals surface area contributed by atoms with Crippen LogP contribution in [0, 0.1) is 5.41 Å². The first-order chi connectivity index (χ1) is 25.7. The van der Waals surface area contributed by atoms with Gasteiger partial charge in [0.15, 0.2) is 0 Å². The van der Waals surface area contributed by atoms with Gasteiger partial charge >= 0.3 is 5.97 Å². The molecular weight excluding hydrogens is 759 g/mol. The molecule has 14 nitrogen and oxygen atoms in total. The number of esters is 1. The Morgan fingerprint density at radius 2 is 1.26 bits per heavy atom. The fourth-order valence-corrected chi connectivity index (χ4v) is 9.34. The zero-order chi connectivity index (χ0) is 39.8. The molecule has 1 saturated heterocycles. The van der Waals surface area contributed by atoms with Gasteiger partial charge in [-0.2, -0.15) is 0 Å². The third-order valence-corrected chi connectivity index (χ3v) is 12.3. The average Bonchev–Trinajstić information content (AvgIpc) is 3.35. The number of carbonyl (C=O) groups is 5. The highest BCUT2D eigenvalue weighted by atomic mass is 33.1. The van der Waals surface area contributed by atoms with Gasteiger partial charge in [-0.05, 0) is 40.0 Å². The van der Waals surface area contributed by atoms with Crippen LogP contribution in [0.2, 0.25) is 0 Å². The Hall–Kier alpha value is -1.60. The minimum atomic E-state index is -0.504. The summed E-state index contributed by atoms with van der Waals surface area (Å²) in [6, 6.07) is 0. The maximum Gasteiger partial charge on any atom is 0.311 e. The van der Waals surface area contributed by atoms with Crippen molar-refractivity contribution in [3.8, 4) is 0 Å². The Kier molecular flexibility index (Phi) is 24.4. The number of hydrogen-bond acceptors (Lipinski definition) is 14. The van der Waals surface area contributed by atoms with E-state index in [1.807, 2.05) is 41.5 Å². The number of ether oxygens (including phenoxy) is 6. The number of nitrogens with zero attached hydrogens (tertiary/aromatic N) is 1. The quantitative estimate of drug-likeness (QED) is 0.0503. The molecule has 0 radical (unpaired) electrons. The van der Waals surface area contributed by atoms with E-state index in [-0.39, 0.29) is 83.5 Å². The predicted octanol–water partition coefficient (Wildman–Crippen LogP) is 4.02. The van der Waals surface area contributed by atoms with E-state index in [1.165, 1.54) is 16.7 Å². The number of imide groups is 1. The molecule has 2 N–H and O–H groups in total. The van der Waals surface area contributed by atoms with E-state index in [1.54, 1.807) is 21.6 Å². The molecule has 2 rings (SSSR count). The first kappa shape index (κ1) is 48.5. The minimum absolute atomic E-state index is 0.00870. The molecule has 3 atom stereocenters. The maximum absolute atomic E-state index is 12.5.